The minimum Gasteiger partial charge on any atom is -0.323 e. The van der Waals surface area contributed by atoms with Crippen molar-refractivity contribution in [3.63, 3.8) is 0 Å². The van der Waals surface area contributed by atoms with Crippen LogP contribution < -0.4 is 5.32 Å². The summed E-state index contributed by atoms with van der Waals surface area (Å²) < 4.78 is 1.63. The Morgan fingerprint density at radius 2 is 2.36 bits per heavy atom. The van der Waals surface area contributed by atoms with Crippen LogP contribution >= 0.6 is 0 Å². The molecule has 0 aliphatic carbocycles. The van der Waals surface area contributed by atoms with Gasteiger partial charge in [-0.15, -0.1) is 0 Å². The highest BCUT2D eigenvalue weighted by atomic mass is 16.2. The number of aromatic nitrogens is 2. The van der Waals surface area contributed by atoms with E-state index in [2.05, 4.69) is 10.4 Å². The molecule has 1 amide bonds. The molecule has 1 saturated heterocycles. The molecule has 2 heterocycles. The summed E-state index contributed by atoms with van der Waals surface area (Å²) in [5.41, 5.74) is 1.13. The molecule has 5 heteroatoms. The fraction of sp³-hybridized carbons (Fsp3) is 0.222. The molecular weight excluding hydrogens is 182 g/mol. The molecule has 0 aromatic carbocycles. The van der Waals surface area contributed by atoms with E-state index in [1.165, 1.54) is 0 Å². The molecule has 1 aromatic rings. The lowest BCUT2D eigenvalue weighted by atomic mass is 10.2. The van der Waals surface area contributed by atoms with E-state index in [0.717, 1.165) is 5.69 Å². The third-order valence-corrected chi connectivity index (χ3v) is 2.05. The molecule has 1 aliphatic heterocycles. The number of ketones is 1. The number of allylic oxidation sites excluding steroid dienone is 1. The van der Waals surface area contributed by atoms with Crippen LogP contribution in [-0.4, -0.2) is 21.5 Å². The highest BCUT2D eigenvalue weighted by Gasteiger charge is 2.23. The lowest BCUT2D eigenvalue weighted by Crippen LogP contribution is -2.12. The first-order valence-electron chi connectivity index (χ1n) is 4.19. The van der Waals surface area contributed by atoms with Gasteiger partial charge in [-0.1, -0.05) is 0 Å². The maximum Gasteiger partial charge on any atom is 0.232 e. The molecule has 2 rings (SSSR count). The van der Waals surface area contributed by atoms with Crippen molar-refractivity contribution in [1.29, 1.82) is 0 Å². The molecule has 1 N–H and O–H groups in total. The lowest BCUT2D eigenvalue weighted by molar-refractivity contribution is -0.121. The number of carbonyl (C=O) groups excluding carboxylic acids is 2. The predicted octanol–water partition coefficient (Wildman–Crippen LogP) is -0.150. The van der Waals surface area contributed by atoms with E-state index in [9.17, 15) is 9.59 Å². The average molecular weight is 191 g/mol. The van der Waals surface area contributed by atoms with Gasteiger partial charge in [0.2, 0.25) is 5.91 Å². The molecule has 1 aliphatic rings. The Kier molecular flexibility index (Phi) is 1.92. The van der Waals surface area contributed by atoms with Gasteiger partial charge in [0, 0.05) is 13.2 Å². The van der Waals surface area contributed by atoms with Gasteiger partial charge in [0.05, 0.1) is 17.8 Å². The minimum atomic E-state index is -0.247. The minimum absolute atomic E-state index is 0.0519. The van der Waals surface area contributed by atoms with E-state index in [1.54, 1.807) is 30.1 Å². The monoisotopic (exact) mass is 191 g/mol. The molecule has 0 bridgehead atoms. The largest absolute Gasteiger partial charge is 0.323 e. The molecule has 0 unspecified atom stereocenters. The Hall–Kier alpha value is -1.91. The Bertz CT molecular complexity index is 431. The number of nitrogens with one attached hydrogen (secondary N) is 1. The summed E-state index contributed by atoms with van der Waals surface area (Å²) >= 11 is 0. The zero-order valence-corrected chi connectivity index (χ0v) is 7.65. The van der Waals surface area contributed by atoms with Crippen LogP contribution in [0.4, 0.5) is 0 Å². The van der Waals surface area contributed by atoms with Crippen LogP contribution in [0.15, 0.2) is 18.0 Å². The van der Waals surface area contributed by atoms with Gasteiger partial charge in [-0.25, -0.2) is 0 Å². The summed E-state index contributed by atoms with van der Waals surface area (Å²) in [6.45, 7) is 0. The molecule has 0 spiro atoms. The van der Waals surface area contributed by atoms with Gasteiger partial charge in [-0.3, -0.25) is 14.3 Å². The van der Waals surface area contributed by atoms with Crippen LogP contribution in [0.25, 0.3) is 6.08 Å². The van der Waals surface area contributed by atoms with E-state index in [4.69, 9.17) is 0 Å². The van der Waals surface area contributed by atoms with E-state index < -0.39 is 0 Å². The molecule has 14 heavy (non-hydrogen) atoms. The Balaban J connectivity index is 2.32. The number of amides is 1. The van der Waals surface area contributed by atoms with Crippen molar-refractivity contribution in [2.24, 2.45) is 7.05 Å². The third-order valence-electron chi connectivity index (χ3n) is 2.05. The maximum atomic E-state index is 11.2. The van der Waals surface area contributed by atoms with Gasteiger partial charge in [0.25, 0.3) is 0 Å². The number of aryl methyl sites for hydroxylation is 1. The van der Waals surface area contributed by atoms with Crippen LogP contribution in [0, 0.1) is 0 Å². The molecule has 72 valence electrons. The zero-order valence-electron chi connectivity index (χ0n) is 7.65. The molecular formula is C9H9N3O2. The van der Waals surface area contributed by atoms with Gasteiger partial charge >= 0.3 is 0 Å². The van der Waals surface area contributed by atoms with Gasteiger partial charge in [-0.2, -0.15) is 5.10 Å². The van der Waals surface area contributed by atoms with Crippen molar-refractivity contribution >= 4 is 17.8 Å². The quantitative estimate of drug-likeness (QED) is 0.496. The number of rotatable bonds is 1. The van der Waals surface area contributed by atoms with Crippen LogP contribution in [0.2, 0.25) is 0 Å². The molecule has 0 atom stereocenters. The van der Waals surface area contributed by atoms with Gasteiger partial charge in [-0.05, 0) is 12.1 Å². The van der Waals surface area contributed by atoms with Crippen LogP contribution in [0.3, 0.4) is 0 Å². The summed E-state index contributed by atoms with van der Waals surface area (Å²) in [6.07, 6.45) is 3.21. The fourth-order valence-electron chi connectivity index (χ4n) is 1.30. The first-order chi connectivity index (χ1) is 6.66. The Morgan fingerprint density at radius 1 is 1.57 bits per heavy atom. The summed E-state index contributed by atoms with van der Waals surface area (Å²) in [7, 11) is 1.77. The second-order valence-corrected chi connectivity index (χ2v) is 3.09. The van der Waals surface area contributed by atoms with Gasteiger partial charge in [0.1, 0.15) is 0 Å². The number of nitrogens with zero attached hydrogens (tertiary/aromatic N) is 2. The second-order valence-electron chi connectivity index (χ2n) is 3.09. The van der Waals surface area contributed by atoms with Crippen molar-refractivity contribution in [2.75, 3.05) is 0 Å². The van der Waals surface area contributed by atoms with E-state index in [0.29, 0.717) is 5.70 Å². The first-order valence-corrected chi connectivity index (χ1v) is 4.19. The topological polar surface area (TPSA) is 64.0 Å². The molecule has 0 saturated carbocycles. The second kappa shape index (κ2) is 3.10. The lowest BCUT2D eigenvalue weighted by Gasteiger charge is -1.96. The third kappa shape index (κ3) is 1.44. The summed E-state index contributed by atoms with van der Waals surface area (Å²) in [4.78, 5) is 22.1. The highest BCUT2D eigenvalue weighted by Crippen LogP contribution is 2.10. The van der Waals surface area contributed by atoms with Crippen molar-refractivity contribution in [1.82, 2.24) is 15.1 Å². The number of Topliss-reactive ketones (excluding diaryl/α,β-unsaturated/α-hetero) is 1. The average Bonchev–Trinajstić information content (AvgIpc) is 2.62. The van der Waals surface area contributed by atoms with Crippen molar-refractivity contribution in [2.45, 2.75) is 6.42 Å². The smallest absolute Gasteiger partial charge is 0.232 e. The summed E-state index contributed by atoms with van der Waals surface area (Å²) in [6, 6.07) is 1.77. The van der Waals surface area contributed by atoms with Gasteiger partial charge in [0.15, 0.2) is 5.78 Å². The fourth-order valence-corrected chi connectivity index (χ4v) is 1.30. The van der Waals surface area contributed by atoms with E-state index in [-0.39, 0.29) is 18.1 Å². The number of hydrogen-bond acceptors (Lipinski definition) is 3. The van der Waals surface area contributed by atoms with Crippen molar-refractivity contribution in [3.8, 4) is 0 Å². The maximum absolute atomic E-state index is 11.2. The summed E-state index contributed by atoms with van der Waals surface area (Å²) in [5, 5.41) is 6.45. The zero-order chi connectivity index (χ0) is 10.1. The predicted molar refractivity (Wildman–Crippen MR) is 49.0 cm³/mol. The molecule has 5 nitrogen and oxygen atoms in total. The summed E-state index contributed by atoms with van der Waals surface area (Å²) in [5.74, 6) is -0.417. The van der Waals surface area contributed by atoms with E-state index in [1.807, 2.05) is 0 Å². The number of carbonyl (C=O) groups is 2. The van der Waals surface area contributed by atoms with Crippen LogP contribution in [0.5, 0.6) is 0 Å². The molecule has 1 aromatic heterocycles. The van der Waals surface area contributed by atoms with Crippen LogP contribution in [-0.2, 0) is 16.6 Å². The van der Waals surface area contributed by atoms with Crippen LogP contribution in [0.1, 0.15) is 12.1 Å². The van der Waals surface area contributed by atoms with E-state index >= 15 is 0 Å². The van der Waals surface area contributed by atoms with Crippen molar-refractivity contribution < 1.29 is 9.59 Å². The molecule has 0 radical (unpaired) electrons. The first kappa shape index (κ1) is 8.68. The van der Waals surface area contributed by atoms with Crippen molar-refractivity contribution in [3.05, 3.63) is 23.7 Å². The highest BCUT2D eigenvalue weighted by molar-refractivity contribution is 6.16. The SMILES string of the molecule is Cn1nccc1/C=C1/NC(=O)CC1=O. The van der Waals surface area contributed by atoms with Gasteiger partial charge < -0.3 is 5.32 Å². The molecule has 1 fully saturated rings. The standard InChI is InChI=1S/C9H9N3O2/c1-12-6(2-3-10-12)4-7-8(13)5-9(14)11-7/h2-4H,5H2,1H3,(H,11,14)/b7-4+. The number of hydrogen-bond donors (Lipinski definition) is 1. The normalized spacial score (nSPS) is 19.1. The Morgan fingerprint density at radius 3 is 2.86 bits per heavy atom. The Labute approximate surface area is 80.4 Å².